The van der Waals surface area contributed by atoms with Crippen molar-refractivity contribution in [2.24, 2.45) is 0 Å². The highest BCUT2D eigenvalue weighted by Crippen LogP contribution is 2.23. The summed E-state index contributed by atoms with van der Waals surface area (Å²) in [6, 6.07) is 18.5. The number of aryl methyl sites for hydroxylation is 1. The molecule has 3 aromatic rings. The molecule has 0 fully saturated rings. The molecule has 7 heteroatoms. The van der Waals surface area contributed by atoms with Crippen molar-refractivity contribution < 1.29 is 14.5 Å². The van der Waals surface area contributed by atoms with Gasteiger partial charge in [0.15, 0.2) is 0 Å². The number of hydrogen-bond donors (Lipinski definition) is 2. The first-order chi connectivity index (χ1) is 15.0. The van der Waals surface area contributed by atoms with Crippen molar-refractivity contribution in [3.05, 3.63) is 99.1 Å². The molecule has 0 saturated carbocycles. The van der Waals surface area contributed by atoms with Gasteiger partial charge in [-0.15, -0.1) is 0 Å². The van der Waals surface area contributed by atoms with Gasteiger partial charge in [0.1, 0.15) is 0 Å². The van der Waals surface area contributed by atoms with Crippen LogP contribution in [-0.4, -0.2) is 16.7 Å². The van der Waals surface area contributed by atoms with E-state index in [4.69, 9.17) is 0 Å². The lowest BCUT2D eigenvalue weighted by Gasteiger charge is -2.19. The van der Waals surface area contributed by atoms with E-state index in [9.17, 15) is 19.7 Å². The number of nitrogens with zero attached hydrogens (tertiary/aromatic N) is 1. The molecule has 2 amide bonds. The lowest BCUT2D eigenvalue weighted by molar-refractivity contribution is -0.385. The lowest BCUT2D eigenvalue weighted by atomic mass is 9.87. The van der Waals surface area contributed by atoms with Gasteiger partial charge in [-0.3, -0.25) is 19.7 Å². The molecular formula is C25H25N3O4. The summed E-state index contributed by atoms with van der Waals surface area (Å²) in [6.45, 7) is 7.96. The molecule has 0 radical (unpaired) electrons. The van der Waals surface area contributed by atoms with Crippen LogP contribution in [0.3, 0.4) is 0 Å². The molecule has 0 heterocycles. The predicted molar refractivity (Wildman–Crippen MR) is 125 cm³/mol. The third-order valence-electron chi connectivity index (χ3n) is 5.08. The minimum Gasteiger partial charge on any atom is -0.322 e. The van der Waals surface area contributed by atoms with Crippen molar-refractivity contribution >= 4 is 28.9 Å². The number of carbonyl (C=O) groups excluding carboxylic acids is 2. The normalized spacial score (nSPS) is 11.0. The molecule has 0 spiro atoms. The summed E-state index contributed by atoms with van der Waals surface area (Å²) in [6.07, 6.45) is 0. The van der Waals surface area contributed by atoms with Crippen LogP contribution in [0.25, 0.3) is 0 Å². The summed E-state index contributed by atoms with van der Waals surface area (Å²) in [7, 11) is 0. The van der Waals surface area contributed by atoms with Crippen molar-refractivity contribution in [3.63, 3.8) is 0 Å². The highest BCUT2D eigenvalue weighted by molar-refractivity contribution is 6.06. The van der Waals surface area contributed by atoms with E-state index in [2.05, 4.69) is 31.4 Å². The van der Waals surface area contributed by atoms with Gasteiger partial charge in [0.25, 0.3) is 17.5 Å². The van der Waals surface area contributed by atoms with Gasteiger partial charge in [0.2, 0.25) is 0 Å². The highest BCUT2D eigenvalue weighted by atomic mass is 16.6. The molecule has 0 aliphatic heterocycles. The molecule has 3 aromatic carbocycles. The number of amides is 2. The SMILES string of the molecule is Cc1ccc(C(=O)Nc2ccc(NC(=O)c3ccc(C(C)(C)C)cc3)cc2)cc1[N+](=O)[O-]. The molecule has 0 atom stereocenters. The number of anilines is 2. The van der Waals surface area contributed by atoms with Crippen LogP contribution in [0, 0.1) is 17.0 Å². The predicted octanol–water partition coefficient (Wildman–Crippen LogP) is 5.71. The fourth-order valence-corrected chi connectivity index (χ4v) is 3.11. The van der Waals surface area contributed by atoms with E-state index in [-0.39, 0.29) is 22.6 Å². The summed E-state index contributed by atoms with van der Waals surface area (Å²) >= 11 is 0. The molecule has 0 aromatic heterocycles. The Morgan fingerprint density at radius 1 is 0.781 bits per heavy atom. The van der Waals surface area contributed by atoms with Crippen molar-refractivity contribution in [2.75, 3.05) is 10.6 Å². The van der Waals surface area contributed by atoms with Crippen LogP contribution >= 0.6 is 0 Å². The second-order valence-corrected chi connectivity index (χ2v) is 8.57. The number of hydrogen-bond acceptors (Lipinski definition) is 4. The zero-order valence-corrected chi connectivity index (χ0v) is 18.4. The topological polar surface area (TPSA) is 101 Å². The first-order valence-electron chi connectivity index (χ1n) is 10.1. The Hall–Kier alpha value is -4.00. The summed E-state index contributed by atoms with van der Waals surface area (Å²) < 4.78 is 0. The Kier molecular flexibility index (Phi) is 6.39. The number of benzene rings is 3. The van der Waals surface area contributed by atoms with E-state index in [0.717, 1.165) is 5.56 Å². The molecular weight excluding hydrogens is 406 g/mol. The largest absolute Gasteiger partial charge is 0.322 e. The quantitative estimate of drug-likeness (QED) is 0.399. The van der Waals surface area contributed by atoms with E-state index < -0.39 is 10.8 Å². The maximum Gasteiger partial charge on any atom is 0.273 e. The molecule has 0 unspecified atom stereocenters. The van der Waals surface area contributed by atoms with Gasteiger partial charge in [-0.1, -0.05) is 39.0 Å². The minimum absolute atomic E-state index is 0.0127. The molecule has 0 aliphatic rings. The second-order valence-electron chi connectivity index (χ2n) is 8.57. The van der Waals surface area contributed by atoms with E-state index in [1.165, 1.54) is 12.1 Å². The molecule has 164 valence electrons. The Bertz CT molecular complexity index is 1160. The molecule has 2 N–H and O–H groups in total. The van der Waals surface area contributed by atoms with Crippen molar-refractivity contribution in [2.45, 2.75) is 33.1 Å². The smallest absolute Gasteiger partial charge is 0.273 e. The Balaban J connectivity index is 1.65. The van der Waals surface area contributed by atoms with Crippen LogP contribution in [-0.2, 0) is 5.41 Å². The average Bonchev–Trinajstić information content (AvgIpc) is 2.74. The average molecular weight is 431 g/mol. The number of rotatable bonds is 5. The number of carbonyl (C=O) groups is 2. The van der Waals surface area contributed by atoms with E-state index in [0.29, 0.717) is 22.5 Å². The third-order valence-corrected chi connectivity index (χ3v) is 5.08. The maximum absolute atomic E-state index is 12.5. The lowest BCUT2D eigenvalue weighted by Crippen LogP contribution is -2.14. The first-order valence-corrected chi connectivity index (χ1v) is 10.1. The Morgan fingerprint density at radius 3 is 1.72 bits per heavy atom. The monoisotopic (exact) mass is 431 g/mol. The number of nitro benzene ring substituents is 1. The van der Waals surface area contributed by atoms with Gasteiger partial charge in [0.05, 0.1) is 4.92 Å². The second kappa shape index (κ2) is 9.01. The van der Waals surface area contributed by atoms with Crippen molar-refractivity contribution in [1.82, 2.24) is 0 Å². The van der Waals surface area contributed by atoms with Crippen LogP contribution in [0.2, 0.25) is 0 Å². The van der Waals surface area contributed by atoms with Gasteiger partial charge in [-0.25, -0.2) is 0 Å². The van der Waals surface area contributed by atoms with Crippen LogP contribution in [0.4, 0.5) is 17.1 Å². The summed E-state index contributed by atoms with van der Waals surface area (Å²) in [5.41, 5.74) is 3.37. The van der Waals surface area contributed by atoms with Crippen LogP contribution in [0.1, 0.15) is 52.6 Å². The summed E-state index contributed by atoms with van der Waals surface area (Å²) in [5, 5.41) is 16.6. The molecule has 32 heavy (non-hydrogen) atoms. The molecule has 0 saturated heterocycles. The summed E-state index contributed by atoms with van der Waals surface area (Å²) in [4.78, 5) is 35.5. The Morgan fingerprint density at radius 2 is 1.25 bits per heavy atom. The minimum atomic E-state index is -0.514. The van der Waals surface area contributed by atoms with Gasteiger partial charge < -0.3 is 10.6 Å². The standard InChI is InChI=1S/C25H25N3O4/c1-16-5-6-18(15-22(16)28(31)32)24(30)27-21-13-11-20(12-14-21)26-23(29)17-7-9-19(10-8-17)25(2,3)4/h5-15H,1-4H3,(H,26,29)(H,27,30). The number of nitrogens with one attached hydrogen (secondary N) is 2. The highest BCUT2D eigenvalue weighted by Gasteiger charge is 2.16. The van der Waals surface area contributed by atoms with Crippen LogP contribution in [0.5, 0.6) is 0 Å². The zero-order valence-electron chi connectivity index (χ0n) is 18.4. The van der Waals surface area contributed by atoms with Gasteiger partial charge in [0, 0.05) is 34.1 Å². The van der Waals surface area contributed by atoms with Gasteiger partial charge >= 0.3 is 0 Å². The molecule has 7 nitrogen and oxygen atoms in total. The molecule has 3 rings (SSSR count). The zero-order chi connectivity index (χ0) is 23.5. The van der Waals surface area contributed by atoms with Crippen LogP contribution < -0.4 is 10.6 Å². The van der Waals surface area contributed by atoms with Crippen molar-refractivity contribution in [1.29, 1.82) is 0 Å². The van der Waals surface area contributed by atoms with Crippen molar-refractivity contribution in [3.8, 4) is 0 Å². The third kappa shape index (κ3) is 5.37. The summed E-state index contributed by atoms with van der Waals surface area (Å²) in [5.74, 6) is -0.682. The fourth-order valence-electron chi connectivity index (χ4n) is 3.11. The maximum atomic E-state index is 12.5. The number of nitro groups is 1. The fraction of sp³-hybridized carbons (Fsp3) is 0.200. The Labute approximate surface area is 186 Å². The first kappa shape index (κ1) is 22.7. The van der Waals surface area contributed by atoms with Gasteiger partial charge in [-0.2, -0.15) is 0 Å². The molecule has 0 bridgehead atoms. The van der Waals surface area contributed by atoms with Gasteiger partial charge in [-0.05, 0) is 60.4 Å². The van der Waals surface area contributed by atoms with Crippen LogP contribution in [0.15, 0.2) is 66.7 Å². The van der Waals surface area contributed by atoms with E-state index in [1.807, 2.05) is 12.1 Å². The molecule has 0 aliphatic carbocycles. The van der Waals surface area contributed by atoms with E-state index in [1.54, 1.807) is 49.4 Å². The van der Waals surface area contributed by atoms with E-state index >= 15 is 0 Å².